The number of rotatable bonds is 5. The molecule has 0 heterocycles. The van der Waals surface area contributed by atoms with E-state index in [9.17, 15) is 9.18 Å². The number of methoxy groups -OCH3 is 1. The third-order valence-electron chi connectivity index (χ3n) is 2.96. The van der Waals surface area contributed by atoms with E-state index in [4.69, 9.17) is 4.74 Å². The number of hydrogen-bond donors (Lipinski definition) is 2. The van der Waals surface area contributed by atoms with Gasteiger partial charge in [0.2, 0.25) is 5.91 Å². The molecule has 2 aromatic carbocycles. The van der Waals surface area contributed by atoms with Gasteiger partial charge in [-0.25, -0.2) is 4.39 Å². The van der Waals surface area contributed by atoms with Gasteiger partial charge in [0, 0.05) is 30.9 Å². The molecular weight excluding hydrogens is 271 g/mol. The van der Waals surface area contributed by atoms with Gasteiger partial charge in [-0.3, -0.25) is 4.79 Å². The summed E-state index contributed by atoms with van der Waals surface area (Å²) in [6.45, 7) is 1.94. The van der Waals surface area contributed by atoms with Crippen LogP contribution in [-0.2, 0) is 11.3 Å². The highest BCUT2D eigenvalue weighted by atomic mass is 19.1. The summed E-state index contributed by atoms with van der Waals surface area (Å²) >= 11 is 0. The Kier molecular flexibility index (Phi) is 4.77. The Hall–Kier alpha value is -2.56. The van der Waals surface area contributed by atoms with E-state index in [0.717, 1.165) is 11.3 Å². The molecule has 0 aromatic heterocycles. The zero-order chi connectivity index (χ0) is 15.2. The van der Waals surface area contributed by atoms with Gasteiger partial charge in [-0.1, -0.05) is 18.2 Å². The maximum atomic E-state index is 13.6. The SMILES string of the molecule is COc1ccc(NCc2ccccc2NC(C)=O)cc1F. The van der Waals surface area contributed by atoms with Crippen LogP contribution in [0.3, 0.4) is 0 Å². The van der Waals surface area contributed by atoms with Crippen molar-refractivity contribution in [1.82, 2.24) is 0 Å². The van der Waals surface area contributed by atoms with Crippen molar-refractivity contribution in [3.63, 3.8) is 0 Å². The molecule has 0 unspecified atom stereocenters. The van der Waals surface area contributed by atoms with Crippen LogP contribution in [0.25, 0.3) is 0 Å². The minimum atomic E-state index is -0.419. The van der Waals surface area contributed by atoms with Gasteiger partial charge in [-0.05, 0) is 23.8 Å². The van der Waals surface area contributed by atoms with Crippen LogP contribution in [0.2, 0.25) is 0 Å². The molecule has 0 bridgehead atoms. The molecule has 0 fully saturated rings. The highest BCUT2D eigenvalue weighted by Crippen LogP contribution is 2.22. The van der Waals surface area contributed by atoms with E-state index in [1.54, 1.807) is 12.1 Å². The van der Waals surface area contributed by atoms with Gasteiger partial charge < -0.3 is 15.4 Å². The van der Waals surface area contributed by atoms with E-state index in [1.807, 2.05) is 24.3 Å². The molecule has 1 amide bonds. The molecule has 2 N–H and O–H groups in total. The molecule has 2 aromatic rings. The van der Waals surface area contributed by atoms with Gasteiger partial charge >= 0.3 is 0 Å². The predicted octanol–water partition coefficient (Wildman–Crippen LogP) is 3.40. The summed E-state index contributed by atoms with van der Waals surface area (Å²) in [6.07, 6.45) is 0. The van der Waals surface area contributed by atoms with E-state index in [-0.39, 0.29) is 11.7 Å². The minimum Gasteiger partial charge on any atom is -0.494 e. The quantitative estimate of drug-likeness (QED) is 0.886. The van der Waals surface area contributed by atoms with Crippen molar-refractivity contribution in [3.8, 4) is 5.75 Å². The van der Waals surface area contributed by atoms with Crippen molar-refractivity contribution in [1.29, 1.82) is 0 Å². The summed E-state index contributed by atoms with van der Waals surface area (Å²) in [5.41, 5.74) is 2.31. The number of carbonyl (C=O) groups is 1. The Morgan fingerprint density at radius 2 is 2.00 bits per heavy atom. The van der Waals surface area contributed by atoms with Crippen molar-refractivity contribution < 1.29 is 13.9 Å². The Balaban J connectivity index is 2.09. The van der Waals surface area contributed by atoms with Crippen LogP contribution < -0.4 is 15.4 Å². The second kappa shape index (κ2) is 6.74. The Labute approximate surface area is 122 Å². The second-order valence-corrected chi connectivity index (χ2v) is 4.54. The maximum Gasteiger partial charge on any atom is 0.221 e. The number of amides is 1. The molecule has 0 saturated heterocycles. The zero-order valence-corrected chi connectivity index (χ0v) is 11.9. The molecule has 0 radical (unpaired) electrons. The predicted molar refractivity (Wildman–Crippen MR) is 81.0 cm³/mol. The molecular formula is C16H17FN2O2. The van der Waals surface area contributed by atoms with Gasteiger partial charge in [0.15, 0.2) is 11.6 Å². The highest BCUT2D eigenvalue weighted by molar-refractivity contribution is 5.89. The molecule has 0 atom stereocenters. The standard InChI is InChI=1S/C16H17FN2O2/c1-11(20)19-15-6-4-3-5-12(15)10-18-13-7-8-16(21-2)14(17)9-13/h3-9,18H,10H2,1-2H3,(H,19,20). The van der Waals surface area contributed by atoms with Crippen molar-refractivity contribution in [3.05, 3.63) is 53.8 Å². The topological polar surface area (TPSA) is 50.4 Å². The van der Waals surface area contributed by atoms with Crippen molar-refractivity contribution in [2.45, 2.75) is 13.5 Å². The number of halogens is 1. The fraction of sp³-hybridized carbons (Fsp3) is 0.188. The van der Waals surface area contributed by atoms with Crippen LogP contribution in [0.4, 0.5) is 15.8 Å². The van der Waals surface area contributed by atoms with E-state index in [2.05, 4.69) is 10.6 Å². The lowest BCUT2D eigenvalue weighted by Crippen LogP contribution is -2.10. The number of nitrogens with one attached hydrogen (secondary N) is 2. The monoisotopic (exact) mass is 288 g/mol. The first-order chi connectivity index (χ1) is 10.1. The first kappa shape index (κ1) is 14.8. The lowest BCUT2D eigenvalue weighted by atomic mass is 10.1. The lowest BCUT2D eigenvalue weighted by molar-refractivity contribution is -0.114. The van der Waals surface area contributed by atoms with Gasteiger partial charge in [0.05, 0.1) is 7.11 Å². The highest BCUT2D eigenvalue weighted by Gasteiger charge is 2.05. The van der Waals surface area contributed by atoms with Gasteiger partial charge in [0.25, 0.3) is 0 Å². The smallest absolute Gasteiger partial charge is 0.221 e. The summed E-state index contributed by atoms with van der Waals surface area (Å²) in [6, 6.07) is 12.1. The molecule has 21 heavy (non-hydrogen) atoms. The third-order valence-corrected chi connectivity index (χ3v) is 2.96. The fourth-order valence-corrected chi connectivity index (χ4v) is 1.96. The maximum absolute atomic E-state index is 13.6. The summed E-state index contributed by atoms with van der Waals surface area (Å²) in [5.74, 6) is -0.338. The van der Waals surface area contributed by atoms with Crippen LogP contribution in [0.15, 0.2) is 42.5 Å². The number of para-hydroxylation sites is 1. The average molecular weight is 288 g/mol. The van der Waals surface area contributed by atoms with Gasteiger partial charge in [-0.2, -0.15) is 0 Å². The number of hydrogen-bond acceptors (Lipinski definition) is 3. The molecule has 0 aliphatic carbocycles. The molecule has 0 aliphatic rings. The summed E-state index contributed by atoms with van der Waals surface area (Å²) in [4.78, 5) is 11.2. The normalized spacial score (nSPS) is 10.0. The number of ether oxygens (including phenoxy) is 1. The molecule has 5 heteroatoms. The number of anilines is 2. The first-order valence-electron chi connectivity index (χ1n) is 6.53. The molecule has 4 nitrogen and oxygen atoms in total. The Bertz CT molecular complexity index is 644. The van der Waals surface area contributed by atoms with Crippen LogP contribution in [0.1, 0.15) is 12.5 Å². The largest absolute Gasteiger partial charge is 0.494 e. The van der Waals surface area contributed by atoms with E-state index >= 15 is 0 Å². The van der Waals surface area contributed by atoms with Crippen LogP contribution in [0, 0.1) is 5.82 Å². The molecule has 0 spiro atoms. The molecule has 2 rings (SSSR count). The Morgan fingerprint density at radius 1 is 1.24 bits per heavy atom. The van der Waals surface area contributed by atoms with E-state index < -0.39 is 5.82 Å². The minimum absolute atomic E-state index is 0.127. The van der Waals surface area contributed by atoms with Gasteiger partial charge in [-0.15, -0.1) is 0 Å². The van der Waals surface area contributed by atoms with E-state index in [1.165, 1.54) is 20.1 Å². The van der Waals surface area contributed by atoms with Crippen LogP contribution in [-0.4, -0.2) is 13.0 Å². The summed E-state index contributed by atoms with van der Waals surface area (Å²) in [5, 5.41) is 5.89. The first-order valence-corrected chi connectivity index (χ1v) is 6.53. The van der Waals surface area contributed by atoms with E-state index in [0.29, 0.717) is 12.2 Å². The summed E-state index contributed by atoms with van der Waals surface area (Å²) < 4.78 is 18.5. The molecule has 0 saturated carbocycles. The number of carbonyl (C=O) groups excluding carboxylic acids is 1. The Morgan fingerprint density at radius 3 is 2.67 bits per heavy atom. The zero-order valence-electron chi connectivity index (χ0n) is 11.9. The van der Waals surface area contributed by atoms with Gasteiger partial charge in [0.1, 0.15) is 0 Å². The van der Waals surface area contributed by atoms with Crippen molar-refractivity contribution in [2.75, 3.05) is 17.7 Å². The lowest BCUT2D eigenvalue weighted by Gasteiger charge is -2.12. The second-order valence-electron chi connectivity index (χ2n) is 4.54. The summed E-state index contributed by atoms with van der Waals surface area (Å²) in [7, 11) is 1.43. The fourth-order valence-electron chi connectivity index (χ4n) is 1.96. The average Bonchev–Trinajstić information content (AvgIpc) is 2.46. The van der Waals surface area contributed by atoms with Crippen LogP contribution in [0.5, 0.6) is 5.75 Å². The van der Waals surface area contributed by atoms with Crippen LogP contribution >= 0.6 is 0 Å². The van der Waals surface area contributed by atoms with Crippen molar-refractivity contribution in [2.24, 2.45) is 0 Å². The molecule has 110 valence electrons. The molecule has 0 aliphatic heterocycles. The third kappa shape index (κ3) is 3.95. The number of benzene rings is 2. The van der Waals surface area contributed by atoms with Crippen molar-refractivity contribution >= 4 is 17.3 Å².